The number of anilines is 2. The molecule has 1 amide bonds. The Bertz CT molecular complexity index is 1210. The summed E-state index contributed by atoms with van der Waals surface area (Å²) in [5.41, 5.74) is 16.5. The van der Waals surface area contributed by atoms with Gasteiger partial charge >= 0.3 is 6.09 Å². The number of hydrazine groups is 1. The first-order chi connectivity index (χ1) is 14.3. The molecule has 0 saturated carbocycles. The van der Waals surface area contributed by atoms with Crippen molar-refractivity contribution in [1.82, 2.24) is 14.0 Å². The lowest BCUT2D eigenvalue weighted by Gasteiger charge is -2.20. The highest BCUT2D eigenvalue weighted by Gasteiger charge is 2.27. The largest absolute Gasteiger partial charge is 0.445 e. The second-order valence-electron chi connectivity index (χ2n) is 7.16. The Morgan fingerprint density at radius 2 is 2.00 bits per heavy atom. The van der Waals surface area contributed by atoms with Gasteiger partial charge in [-0.3, -0.25) is 0 Å². The van der Waals surface area contributed by atoms with Gasteiger partial charge in [-0.25, -0.2) is 27.2 Å². The zero-order chi connectivity index (χ0) is 21.5. The van der Waals surface area contributed by atoms with E-state index in [1.165, 1.54) is 12.4 Å². The number of benzene rings is 1. The smallest absolute Gasteiger partial charge is 0.404 e. The number of nitrogens with zero attached hydrogens (tertiary/aromatic N) is 3. The number of hydrogen-bond donors (Lipinski definition) is 3. The standard InChI is InChI=1S/C19H22N6O4S/c1-12-2-4-14(5-3-12)30(27,28)25-9-7-15-17(16(20)10-22-18(15)25)23-24-8-6-13(11-24)29-19(21)26/h2-5,7,9-10,13H,6,8,11,20H2,1H3,(H2,21,26)(H,22,23)/t13-/m0/s1. The van der Waals surface area contributed by atoms with Gasteiger partial charge in [-0.05, 0) is 25.1 Å². The zero-order valence-electron chi connectivity index (χ0n) is 16.3. The predicted octanol–water partition coefficient (Wildman–Crippen LogP) is 1.66. The third-order valence-corrected chi connectivity index (χ3v) is 6.67. The number of ether oxygens (including phenoxy) is 1. The highest BCUT2D eigenvalue weighted by molar-refractivity contribution is 7.90. The molecule has 1 atom stereocenters. The van der Waals surface area contributed by atoms with Crippen molar-refractivity contribution in [2.45, 2.75) is 24.3 Å². The van der Waals surface area contributed by atoms with Gasteiger partial charge in [0, 0.05) is 24.5 Å². The van der Waals surface area contributed by atoms with Crippen LogP contribution >= 0.6 is 0 Å². The van der Waals surface area contributed by atoms with Gasteiger partial charge in [0.1, 0.15) is 6.10 Å². The van der Waals surface area contributed by atoms with Crippen LogP contribution in [0.15, 0.2) is 47.6 Å². The number of carbonyl (C=O) groups excluding carboxylic acids is 1. The Hall–Kier alpha value is -3.31. The van der Waals surface area contributed by atoms with Crippen molar-refractivity contribution in [3.8, 4) is 0 Å². The quantitative estimate of drug-likeness (QED) is 0.554. The summed E-state index contributed by atoms with van der Waals surface area (Å²) in [5.74, 6) is 0. The minimum Gasteiger partial charge on any atom is -0.445 e. The van der Waals surface area contributed by atoms with Crippen LogP contribution in [-0.4, -0.2) is 47.7 Å². The monoisotopic (exact) mass is 430 g/mol. The van der Waals surface area contributed by atoms with Crippen LogP contribution in [0.5, 0.6) is 0 Å². The van der Waals surface area contributed by atoms with Crippen molar-refractivity contribution in [3.63, 3.8) is 0 Å². The first-order valence-electron chi connectivity index (χ1n) is 9.31. The van der Waals surface area contributed by atoms with Crippen molar-refractivity contribution in [3.05, 3.63) is 48.3 Å². The highest BCUT2D eigenvalue weighted by atomic mass is 32.2. The normalized spacial score (nSPS) is 17.3. The lowest BCUT2D eigenvalue weighted by atomic mass is 10.2. The molecule has 11 heteroatoms. The average Bonchev–Trinajstić information content (AvgIpc) is 3.31. The fourth-order valence-electron chi connectivity index (χ4n) is 3.47. The molecule has 1 aliphatic rings. The molecule has 0 spiro atoms. The minimum atomic E-state index is -3.82. The highest BCUT2D eigenvalue weighted by Crippen LogP contribution is 2.31. The number of pyridine rings is 1. The van der Waals surface area contributed by atoms with Crippen molar-refractivity contribution in [2.75, 3.05) is 24.2 Å². The van der Waals surface area contributed by atoms with Crippen LogP contribution in [0.3, 0.4) is 0 Å². The Morgan fingerprint density at radius 3 is 2.70 bits per heavy atom. The van der Waals surface area contributed by atoms with E-state index in [4.69, 9.17) is 16.2 Å². The van der Waals surface area contributed by atoms with E-state index in [-0.39, 0.29) is 16.6 Å². The summed E-state index contributed by atoms with van der Waals surface area (Å²) in [6.07, 6.45) is 2.36. The summed E-state index contributed by atoms with van der Waals surface area (Å²) in [5, 5.41) is 2.40. The molecule has 0 unspecified atom stereocenters. The molecule has 0 bridgehead atoms. The van der Waals surface area contributed by atoms with Crippen LogP contribution in [0.4, 0.5) is 16.2 Å². The van der Waals surface area contributed by atoms with Crippen LogP contribution in [-0.2, 0) is 14.8 Å². The van der Waals surface area contributed by atoms with Gasteiger partial charge in [0.2, 0.25) is 0 Å². The molecule has 3 aromatic rings. The van der Waals surface area contributed by atoms with Gasteiger partial charge in [-0.2, -0.15) is 0 Å². The molecule has 2 aromatic heterocycles. The number of carbonyl (C=O) groups is 1. The first kappa shape index (κ1) is 20.0. The number of nitrogen functional groups attached to an aromatic ring is 1. The molecule has 158 valence electrons. The number of nitrogens with two attached hydrogens (primary N) is 2. The van der Waals surface area contributed by atoms with Gasteiger partial charge < -0.3 is 21.6 Å². The summed E-state index contributed by atoms with van der Waals surface area (Å²) in [7, 11) is -3.82. The van der Waals surface area contributed by atoms with Crippen LogP contribution in [0.2, 0.25) is 0 Å². The number of amides is 1. The third-order valence-electron chi connectivity index (χ3n) is 4.99. The van der Waals surface area contributed by atoms with Crippen molar-refractivity contribution < 1.29 is 17.9 Å². The van der Waals surface area contributed by atoms with Crippen molar-refractivity contribution in [1.29, 1.82) is 0 Å². The fraction of sp³-hybridized carbons (Fsp3) is 0.263. The molecule has 3 heterocycles. The van der Waals surface area contributed by atoms with E-state index < -0.39 is 16.1 Å². The van der Waals surface area contributed by atoms with Gasteiger partial charge in [0.15, 0.2) is 5.65 Å². The number of fused-ring (bicyclic) bond motifs is 1. The van der Waals surface area contributed by atoms with Gasteiger partial charge in [0.05, 0.1) is 29.0 Å². The van der Waals surface area contributed by atoms with E-state index in [2.05, 4.69) is 10.4 Å². The maximum atomic E-state index is 13.1. The van der Waals surface area contributed by atoms with E-state index in [9.17, 15) is 13.2 Å². The summed E-state index contributed by atoms with van der Waals surface area (Å²) < 4.78 is 32.4. The number of primary amides is 1. The fourth-order valence-corrected chi connectivity index (χ4v) is 4.77. The summed E-state index contributed by atoms with van der Waals surface area (Å²) in [6.45, 7) is 2.92. The van der Waals surface area contributed by atoms with Crippen LogP contribution < -0.4 is 16.9 Å². The number of rotatable bonds is 5. The molecule has 1 fully saturated rings. The zero-order valence-corrected chi connectivity index (χ0v) is 17.1. The molecule has 1 saturated heterocycles. The molecule has 0 radical (unpaired) electrons. The van der Waals surface area contributed by atoms with Crippen molar-refractivity contribution in [2.24, 2.45) is 5.73 Å². The first-order valence-corrected chi connectivity index (χ1v) is 10.7. The Morgan fingerprint density at radius 1 is 1.27 bits per heavy atom. The number of aryl methyl sites for hydroxylation is 1. The Balaban J connectivity index is 1.67. The molecule has 0 aliphatic carbocycles. The second kappa shape index (κ2) is 7.50. The number of aromatic nitrogens is 2. The van der Waals surface area contributed by atoms with Gasteiger partial charge in [-0.1, -0.05) is 17.7 Å². The molecule has 1 aliphatic heterocycles. The number of nitrogens with one attached hydrogen (secondary N) is 1. The van der Waals surface area contributed by atoms with Crippen molar-refractivity contribution >= 4 is 38.5 Å². The van der Waals surface area contributed by atoms with Crippen LogP contribution in [0.1, 0.15) is 12.0 Å². The maximum Gasteiger partial charge on any atom is 0.404 e. The van der Waals surface area contributed by atoms with Gasteiger partial charge in [-0.15, -0.1) is 0 Å². The SMILES string of the molecule is Cc1ccc(S(=O)(=O)n2ccc3c(NN4CC[C@H](OC(N)=O)C4)c(N)cnc32)cc1. The summed E-state index contributed by atoms with van der Waals surface area (Å²) in [6, 6.07) is 8.27. The van der Waals surface area contributed by atoms with E-state index in [0.717, 1.165) is 9.54 Å². The minimum absolute atomic E-state index is 0.171. The predicted molar refractivity (Wildman–Crippen MR) is 112 cm³/mol. The maximum absolute atomic E-state index is 13.1. The lowest BCUT2D eigenvalue weighted by molar-refractivity contribution is 0.111. The van der Waals surface area contributed by atoms with Crippen LogP contribution in [0.25, 0.3) is 11.0 Å². The molecule has 5 N–H and O–H groups in total. The van der Waals surface area contributed by atoms with E-state index in [0.29, 0.717) is 36.3 Å². The third kappa shape index (κ3) is 3.64. The molecular weight excluding hydrogens is 408 g/mol. The summed E-state index contributed by atoms with van der Waals surface area (Å²) >= 11 is 0. The second-order valence-corrected chi connectivity index (χ2v) is 8.98. The Labute approximate surface area is 173 Å². The van der Waals surface area contributed by atoms with E-state index in [1.807, 2.05) is 11.9 Å². The average molecular weight is 430 g/mol. The molecular formula is C19H22N6O4S. The lowest BCUT2D eigenvalue weighted by Crippen LogP contribution is -2.31. The topological polar surface area (TPSA) is 146 Å². The van der Waals surface area contributed by atoms with E-state index >= 15 is 0 Å². The molecule has 1 aromatic carbocycles. The van der Waals surface area contributed by atoms with E-state index in [1.54, 1.807) is 30.3 Å². The van der Waals surface area contributed by atoms with Crippen LogP contribution in [0, 0.1) is 6.92 Å². The molecule has 30 heavy (non-hydrogen) atoms. The summed E-state index contributed by atoms with van der Waals surface area (Å²) in [4.78, 5) is 15.4. The number of hydrogen-bond acceptors (Lipinski definition) is 8. The molecule has 10 nitrogen and oxygen atoms in total. The Kier molecular flexibility index (Phi) is 5.00. The van der Waals surface area contributed by atoms with Gasteiger partial charge in [0.25, 0.3) is 10.0 Å². The molecule has 4 rings (SSSR count).